The number of carbonyl (C=O) groups excluding carboxylic acids is 2. The van der Waals surface area contributed by atoms with Crippen molar-refractivity contribution in [3.63, 3.8) is 0 Å². The van der Waals surface area contributed by atoms with Crippen LogP contribution in [0.1, 0.15) is 18.9 Å². The molecule has 9 nitrogen and oxygen atoms in total. The third-order valence-corrected chi connectivity index (χ3v) is 3.07. The van der Waals surface area contributed by atoms with Gasteiger partial charge in [0.15, 0.2) is 13.2 Å². The highest BCUT2D eigenvalue weighted by molar-refractivity contribution is 5.76. The van der Waals surface area contributed by atoms with Gasteiger partial charge in [-0.15, -0.1) is 0 Å². The van der Waals surface area contributed by atoms with Crippen LogP contribution in [0.5, 0.6) is 11.5 Å². The number of carboxylic acid groups (broad SMARTS) is 1. The Bertz CT molecular complexity index is 619. The first-order valence-electron chi connectivity index (χ1n) is 8.18. The van der Waals surface area contributed by atoms with Gasteiger partial charge in [-0.25, -0.2) is 9.59 Å². The first kappa shape index (κ1) is 21.2. The minimum absolute atomic E-state index is 0.152. The molecule has 0 aliphatic carbocycles. The third kappa shape index (κ3) is 8.88. The molecule has 0 bridgehead atoms. The average Bonchev–Trinajstić information content (AvgIpc) is 2.61. The van der Waals surface area contributed by atoms with Crippen LogP contribution < -0.4 is 20.5 Å². The lowest BCUT2D eigenvalue weighted by Gasteiger charge is -2.11. The molecular formula is C17H24N2O7. The Labute approximate surface area is 151 Å². The summed E-state index contributed by atoms with van der Waals surface area (Å²) in [6.45, 7) is 1.88. The number of nitrogens with two attached hydrogens (primary N) is 1. The van der Waals surface area contributed by atoms with E-state index >= 15 is 0 Å². The van der Waals surface area contributed by atoms with Gasteiger partial charge in [0.05, 0.1) is 6.61 Å². The topological polar surface area (TPSA) is 137 Å². The quantitative estimate of drug-likeness (QED) is 0.442. The van der Waals surface area contributed by atoms with Gasteiger partial charge >= 0.3 is 11.9 Å². The lowest BCUT2D eigenvalue weighted by molar-refractivity contribution is -0.145. The monoisotopic (exact) mass is 368 g/mol. The van der Waals surface area contributed by atoms with Crippen molar-refractivity contribution in [2.75, 3.05) is 32.9 Å². The van der Waals surface area contributed by atoms with Crippen LogP contribution in [0.25, 0.3) is 0 Å². The molecule has 0 aromatic heterocycles. The second-order valence-corrected chi connectivity index (χ2v) is 5.23. The van der Waals surface area contributed by atoms with Crippen LogP contribution in [0.3, 0.4) is 0 Å². The molecule has 0 fully saturated rings. The molecule has 1 amide bonds. The maximum atomic E-state index is 11.7. The van der Waals surface area contributed by atoms with Crippen molar-refractivity contribution in [1.29, 1.82) is 0 Å². The molecule has 1 aromatic rings. The molecule has 1 aromatic carbocycles. The number of esters is 1. The maximum Gasteiger partial charge on any atom is 0.344 e. The number of rotatable bonds is 12. The summed E-state index contributed by atoms with van der Waals surface area (Å²) in [5.41, 5.74) is 6.03. The van der Waals surface area contributed by atoms with Crippen molar-refractivity contribution in [2.45, 2.75) is 19.8 Å². The Morgan fingerprint density at radius 2 is 1.77 bits per heavy atom. The van der Waals surface area contributed by atoms with Crippen molar-refractivity contribution in [2.24, 2.45) is 5.73 Å². The zero-order chi connectivity index (χ0) is 19.4. The van der Waals surface area contributed by atoms with E-state index in [4.69, 9.17) is 25.1 Å². The Morgan fingerprint density at radius 3 is 2.35 bits per heavy atom. The predicted molar refractivity (Wildman–Crippen MR) is 92.1 cm³/mol. The smallest absolute Gasteiger partial charge is 0.344 e. The Balaban J connectivity index is 2.77. The fourth-order valence-electron chi connectivity index (χ4n) is 1.99. The number of carbonyl (C=O) groups is 3. The molecule has 9 heteroatoms. The van der Waals surface area contributed by atoms with Gasteiger partial charge in [-0.3, -0.25) is 4.79 Å². The molecule has 0 spiro atoms. The van der Waals surface area contributed by atoms with E-state index in [9.17, 15) is 14.4 Å². The lowest BCUT2D eigenvalue weighted by Crippen LogP contribution is -2.29. The molecule has 4 N–H and O–H groups in total. The third-order valence-electron chi connectivity index (χ3n) is 3.07. The fraction of sp³-hybridized carbons (Fsp3) is 0.471. The first-order valence-corrected chi connectivity index (χ1v) is 8.18. The Hall–Kier alpha value is -2.81. The first-order chi connectivity index (χ1) is 12.4. The minimum Gasteiger partial charge on any atom is -0.482 e. The van der Waals surface area contributed by atoms with Gasteiger partial charge in [-0.05, 0) is 31.0 Å². The van der Waals surface area contributed by atoms with Crippen LogP contribution in [0.4, 0.5) is 0 Å². The number of aryl methyl sites for hydroxylation is 1. The number of hydrogen-bond donors (Lipinski definition) is 3. The maximum absolute atomic E-state index is 11.7. The van der Waals surface area contributed by atoms with Gasteiger partial charge in [0.2, 0.25) is 5.91 Å². The molecule has 1 rings (SSSR count). The number of benzene rings is 1. The van der Waals surface area contributed by atoms with Gasteiger partial charge in [0.25, 0.3) is 0 Å². The van der Waals surface area contributed by atoms with Gasteiger partial charge in [0.1, 0.15) is 11.5 Å². The van der Waals surface area contributed by atoms with Gasteiger partial charge in [-0.1, -0.05) is 0 Å². The summed E-state index contributed by atoms with van der Waals surface area (Å²) in [6, 6.07) is 4.75. The van der Waals surface area contributed by atoms with Crippen LogP contribution in [0, 0.1) is 0 Å². The molecule has 0 aliphatic rings. The van der Waals surface area contributed by atoms with E-state index in [0.717, 1.165) is 0 Å². The van der Waals surface area contributed by atoms with Crippen molar-refractivity contribution in [3.8, 4) is 11.5 Å². The summed E-state index contributed by atoms with van der Waals surface area (Å²) in [7, 11) is 0. The number of nitrogens with one attached hydrogen (secondary N) is 1. The van der Waals surface area contributed by atoms with E-state index in [0.29, 0.717) is 30.8 Å². The summed E-state index contributed by atoms with van der Waals surface area (Å²) >= 11 is 0. The van der Waals surface area contributed by atoms with Crippen molar-refractivity contribution in [3.05, 3.63) is 23.8 Å². The van der Waals surface area contributed by atoms with Crippen LogP contribution in [0.15, 0.2) is 18.2 Å². The molecule has 0 atom stereocenters. The van der Waals surface area contributed by atoms with Gasteiger partial charge in [-0.2, -0.15) is 0 Å². The highest BCUT2D eigenvalue weighted by Crippen LogP contribution is 2.24. The normalized spacial score (nSPS) is 10.1. The van der Waals surface area contributed by atoms with Crippen LogP contribution in [-0.4, -0.2) is 55.9 Å². The average molecular weight is 368 g/mol. The standard InChI is InChI=1S/C17H24N2O7/c1-2-24-17(23)11-26-14-8-12(3-4-15(20)19-6-5-18)7-13(9-14)25-10-16(21)22/h7-9H,2-6,10-11,18H2,1H3,(H,19,20)(H,21,22). The Kier molecular flexibility index (Phi) is 9.55. The van der Waals surface area contributed by atoms with Crippen molar-refractivity contribution in [1.82, 2.24) is 5.32 Å². The van der Waals surface area contributed by atoms with Crippen LogP contribution >= 0.6 is 0 Å². The summed E-state index contributed by atoms with van der Waals surface area (Å²) in [4.78, 5) is 33.7. The SMILES string of the molecule is CCOC(=O)COc1cc(CCC(=O)NCCN)cc(OCC(=O)O)c1. The molecule has 0 radical (unpaired) electrons. The molecule has 26 heavy (non-hydrogen) atoms. The van der Waals surface area contributed by atoms with E-state index in [1.165, 1.54) is 6.07 Å². The van der Waals surface area contributed by atoms with E-state index in [2.05, 4.69) is 5.32 Å². The molecular weight excluding hydrogens is 344 g/mol. The number of carboxylic acids is 1. The van der Waals surface area contributed by atoms with Crippen molar-refractivity contribution < 1.29 is 33.7 Å². The highest BCUT2D eigenvalue weighted by Gasteiger charge is 2.09. The summed E-state index contributed by atoms with van der Waals surface area (Å²) in [5.74, 6) is -1.21. The molecule has 0 unspecified atom stereocenters. The summed E-state index contributed by atoms with van der Waals surface area (Å²) in [6.07, 6.45) is 0.607. The molecule has 0 aliphatic heterocycles. The number of ether oxygens (including phenoxy) is 3. The van der Waals surface area contributed by atoms with Crippen LogP contribution in [0.2, 0.25) is 0 Å². The van der Waals surface area contributed by atoms with E-state index in [1.54, 1.807) is 19.1 Å². The highest BCUT2D eigenvalue weighted by atomic mass is 16.6. The van der Waals surface area contributed by atoms with Crippen molar-refractivity contribution >= 4 is 17.8 Å². The number of hydrogen-bond acceptors (Lipinski definition) is 7. The number of aliphatic carboxylic acids is 1. The second-order valence-electron chi connectivity index (χ2n) is 5.23. The zero-order valence-corrected chi connectivity index (χ0v) is 14.7. The predicted octanol–water partition coefficient (Wildman–Crippen LogP) is 0.0994. The van der Waals surface area contributed by atoms with Gasteiger partial charge in [0, 0.05) is 25.6 Å². The molecule has 0 saturated heterocycles. The lowest BCUT2D eigenvalue weighted by atomic mass is 10.1. The van der Waals surface area contributed by atoms with Gasteiger partial charge < -0.3 is 30.4 Å². The van der Waals surface area contributed by atoms with Crippen LogP contribution in [-0.2, 0) is 25.5 Å². The van der Waals surface area contributed by atoms with E-state index < -0.39 is 18.5 Å². The summed E-state index contributed by atoms with van der Waals surface area (Å²) < 4.78 is 15.3. The molecule has 0 saturated carbocycles. The Morgan fingerprint density at radius 1 is 1.12 bits per heavy atom. The fourth-order valence-corrected chi connectivity index (χ4v) is 1.99. The zero-order valence-electron chi connectivity index (χ0n) is 14.7. The summed E-state index contributed by atoms with van der Waals surface area (Å²) in [5, 5.41) is 11.4. The van der Waals surface area contributed by atoms with E-state index in [-0.39, 0.29) is 31.3 Å². The minimum atomic E-state index is -1.12. The molecule has 144 valence electrons. The van der Waals surface area contributed by atoms with E-state index in [1.807, 2.05) is 0 Å². The number of amides is 1. The second kappa shape index (κ2) is 11.7. The molecule has 0 heterocycles. The largest absolute Gasteiger partial charge is 0.482 e.